The van der Waals surface area contributed by atoms with Gasteiger partial charge in [-0.25, -0.2) is 0 Å². The number of amides is 1. The van der Waals surface area contributed by atoms with E-state index in [2.05, 4.69) is 13.0 Å². The van der Waals surface area contributed by atoms with Crippen LogP contribution in [0, 0.1) is 11.3 Å². The minimum absolute atomic E-state index is 0.0194. The Morgan fingerprint density at radius 2 is 2.05 bits per heavy atom. The van der Waals surface area contributed by atoms with E-state index in [1.807, 2.05) is 24.3 Å². The molecule has 19 heavy (non-hydrogen) atoms. The zero-order valence-electron chi connectivity index (χ0n) is 11.4. The number of aryl methyl sites for hydroxylation is 1. The van der Waals surface area contributed by atoms with Crippen molar-refractivity contribution in [1.82, 2.24) is 4.90 Å². The average molecular weight is 256 g/mol. The molecule has 1 aromatic carbocycles. The molecule has 0 N–H and O–H groups in total. The fourth-order valence-electron chi connectivity index (χ4n) is 2.85. The fourth-order valence-corrected chi connectivity index (χ4v) is 2.85. The maximum atomic E-state index is 12.7. The van der Waals surface area contributed by atoms with Crippen LogP contribution in [0.15, 0.2) is 24.3 Å². The lowest BCUT2D eigenvalue weighted by Gasteiger charge is -2.27. The molecule has 0 unspecified atom stereocenters. The van der Waals surface area contributed by atoms with Gasteiger partial charge in [0.05, 0.1) is 6.07 Å². The molecule has 0 heterocycles. The van der Waals surface area contributed by atoms with Gasteiger partial charge < -0.3 is 4.90 Å². The summed E-state index contributed by atoms with van der Waals surface area (Å²) in [5.41, 5.74) is 1.82. The Kier molecular flexibility index (Phi) is 4.57. The van der Waals surface area contributed by atoms with Crippen LogP contribution >= 0.6 is 0 Å². The molecule has 1 aromatic rings. The highest BCUT2D eigenvalue weighted by Crippen LogP contribution is 2.25. The summed E-state index contributed by atoms with van der Waals surface area (Å²) in [6, 6.07) is 10.1. The summed E-state index contributed by atoms with van der Waals surface area (Å²) in [7, 11) is 0. The Morgan fingerprint density at radius 3 is 2.68 bits per heavy atom. The van der Waals surface area contributed by atoms with E-state index in [4.69, 9.17) is 5.26 Å². The average Bonchev–Trinajstić information content (AvgIpc) is 2.98. The summed E-state index contributed by atoms with van der Waals surface area (Å²) in [6.07, 6.45) is 5.22. The highest BCUT2D eigenvalue weighted by molar-refractivity contribution is 5.96. The molecule has 2 rings (SSSR count). The Bertz CT molecular complexity index is 484. The van der Waals surface area contributed by atoms with Crippen molar-refractivity contribution in [2.45, 2.75) is 45.1 Å². The van der Waals surface area contributed by atoms with Crippen LogP contribution in [0.4, 0.5) is 0 Å². The third-order valence-corrected chi connectivity index (χ3v) is 3.90. The maximum absolute atomic E-state index is 12.7. The molecule has 0 spiro atoms. The van der Waals surface area contributed by atoms with Gasteiger partial charge in [-0.1, -0.05) is 38.0 Å². The van der Waals surface area contributed by atoms with E-state index in [-0.39, 0.29) is 18.5 Å². The molecule has 1 amide bonds. The number of hydrogen-bond acceptors (Lipinski definition) is 2. The van der Waals surface area contributed by atoms with Crippen molar-refractivity contribution in [3.05, 3.63) is 35.4 Å². The molecule has 3 nitrogen and oxygen atoms in total. The Morgan fingerprint density at radius 1 is 1.37 bits per heavy atom. The number of nitriles is 1. The molecule has 0 aromatic heterocycles. The number of benzene rings is 1. The predicted octanol–water partition coefficient (Wildman–Crippen LogP) is 3.16. The van der Waals surface area contributed by atoms with Gasteiger partial charge in [0.25, 0.3) is 5.91 Å². The Hall–Kier alpha value is -1.82. The zero-order valence-corrected chi connectivity index (χ0v) is 11.4. The van der Waals surface area contributed by atoms with E-state index in [9.17, 15) is 4.79 Å². The Labute approximate surface area is 114 Å². The van der Waals surface area contributed by atoms with Gasteiger partial charge in [-0.3, -0.25) is 4.79 Å². The second kappa shape index (κ2) is 6.38. The maximum Gasteiger partial charge on any atom is 0.255 e. The van der Waals surface area contributed by atoms with Crippen LogP contribution in [0.3, 0.4) is 0 Å². The monoisotopic (exact) mass is 256 g/mol. The lowest BCUT2D eigenvalue weighted by molar-refractivity contribution is 0.0708. The highest BCUT2D eigenvalue weighted by Gasteiger charge is 2.27. The number of carbonyl (C=O) groups is 1. The van der Waals surface area contributed by atoms with Crippen molar-refractivity contribution >= 4 is 5.91 Å². The third-order valence-electron chi connectivity index (χ3n) is 3.90. The lowest BCUT2D eigenvalue weighted by Crippen LogP contribution is -2.39. The van der Waals surface area contributed by atoms with Gasteiger partial charge in [-0.15, -0.1) is 0 Å². The van der Waals surface area contributed by atoms with E-state index in [1.54, 1.807) is 4.90 Å². The minimum Gasteiger partial charge on any atom is -0.322 e. The summed E-state index contributed by atoms with van der Waals surface area (Å²) in [5.74, 6) is 0.0194. The van der Waals surface area contributed by atoms with Gasteiger partial charge in [-0.05, 0) is 30.9 Å². The smallest absolute Gasteiger partial charge is 0.255 e. The second-order valence-electron chi connectivity index (χ2n) is 5.04. The number of carbonyl (C=O) groups excluding carboxylic acids is 1. The van der Waals surface area contributed by atoms with Crippen molar-refractivity contribution in [1.29, 1.82) is 5.26 Å². The molecule has 100 valence electrons. The van der Waals surface area contributed by atoms with Crippen LogP contribution in [0.25, 0.3) is 0 Å². The molecule has 1 saturated carbocycles. The molecule has 0 saturated heterocycles. The number of rotatable bonds is 4. The summed E-state index contributed by atoms with van der Waals surface area (Å²) in [5, 5.41) is 8.98. The summed E-state index contributed by atoms with van der Waals surface area (Å²) in [4.78, 5) is 14.4. The lowest BCUT2D eigenvalue weighted by atomic mass is 10.0. The van der Waals surface area contributed by atoms with E-state index in [0.717, 1.165) is 43.2 Å². The molecule has 1 aliphatic rings. The van der Waals surface area contributed by atoms with Crippen molar-refractivity contribution < 1.29 is 4.79 Å². The normalized spacial score (nSPS) is 15.2. The molecule has 3 heteroatoms. The van der Waals surface area contributed by atoms with Gasteiger partial charge >= 0.3 is 0 Å². The van der Waals surface area contributed by atoms with Gasteiger partial charge in [0.1, 0.15) is 6.54 Å². The van der Waals surface area contributed by atoms with Crippen LogP contribution in [0.5, 0.6) is 0 Å². The predicted molar refractivity (Wildman–Crippen MR) is 74.7 cm³/mol. The molecule has 0 atom stereocenters. The summed E-state index contributed by atoms with van der Waals surface area (Å²) >= 11 is 0. The molecular formula is C16H20N2O. The van der Waals surface area contributed by atoms with Crippen LogP contribution in [-0.4, -0.2) is 23.4 Å². The molecule has 1 aliphatic carbocycles. The van der Waals surface area contributed by atoms with E-state index < -0.39 is 0 Å². The first-order chi connectivity index (χ1) is 9.27. The van der Waals surface area contributed by atoms with Crippen molar-refractivity contribution in [3.63, 3.8) is 0 Å². The molecule has 0 aliphatic heterocycles. The molecular weight excluding hydrogens is 236 g/mol. The van der Waals surface area contributed by atoms with Crippen LogP contribution in [-0.2, 0) is 6.42 Å². The molecule has 0 radical (unpaired) electrons. The highest BCUT2D eigenvalue weighted by atomic mass is 16.2. The van der Waals surface area contributed by atoms with Gasteiger partial charge in [0, 0.05) is 11.6 Å². The third kappa shape index (κ3) is 2.96. The van der Waals surface area contributed by atoms with Crippen LogP contribution in [0.1, 0.15) is 48.5 Å². The fraction of sp³-hybridized carbons (Fsp3) is 0.500. The first-order valence-electron chi connectivity index (χ1n) is 7.03. The molecule has 0 bridgehead atoms. The van der Waals surface area contributed by atoms with Gasteiger partial charge in [0.2, 0.25) is 0 Å². The first-order valence-corrected chi connectivity index (χ1v) is 7.03. The van der Waals surface area contributed by atoms with Gasteiger partial charge in [-0.2, -0.15) is 5.26 Å². The summed E-state index contributed by atoms with van der Waals surface area (Å²) in [6.45, 7) is 2.25. The minimum atomic E-state index is 0.0194. The number of nitrogens with zero attached hydrogens (tertiary/aromatic N) is 2. The quantitative estimate of drug-likeness (QED) is 0.777. The molecule has 1 fully saturated rings. The largest absolute Gasteiger partial charge is 0.322 e. The van der Waals surface area contributed by atoms with E-state index in [1.165, 1.54) is 0 Å². The van der Waals surface area contributed by atoms with Crippen molar-refractivity contribution in [3.8, 4) is 6.07 Å². The Balaban J connectivity index is 2.26. The van der Waals surface area contributed by atoms with E-state index in [0.29, 0.717) is 0 Å². The first kappa shape index (κ1) is 13.6. The second-order valence-corrected chi connectivity index (χ2v) is 5.04. The van der Waals surface area contributed by atoms with Crippen LogP contribution in [0.2, 0.25) is 0 Å². The number of hydrogen-bond donors (Lipinski definition) is 0. The van der Waals surface area contributed by atoms with Crippen molar-refractivity contribution in [2.24, 2.45) is 0 Å². The summed E-state index contributed by atoms with van der Waals surface area (Å²) < 4.78 is 0. The van der Waals surface area contributed by atoms with Crippen LogP contribution < -0.4 is 0 Å². The van der Waals surface area contributed by atoms with Crippen molar-refractivity contribution in [2.75, 3.05) is 6.54 Å². The SMILES string of the molecule is CCc1ccccc1C(=O)N(CC#N)C1CCCC1. The standard InChI is InChI=1S/C16H20N2O/c1-2-13-7-3-6-10-15(13)16(19)18(12-11-17)14-8-4-5-9-14/h3,6-7,10,14H,2,4-5,8-9,12H2,1H3. The van der Waals surface area contributed by atoms with E-state index >= 15 is 0 Å². The zero-order chi connectivity index (χ0) is 13.7. The van der Waals surface area contributed by atoms with Gasteiger partial charge in [0.15, 0.2) is 0 Å². The topological polar surface area (TPSA) is 44.1 Å².